The number of amides is 2. The molecule has 1 aromatic carbocycles. The Bertz CT molecular complexity index is 473. The summed E-state index contributed by atoms with van der Waals surface area (Å²) in [5.74, 6) is 0. The lowest BCUT2D eigenvalue weighted by Crippen LogP contribution is -2.46. The summed E-state index contributed by atoms with van der Waals surface area (Å²) < 4.78 is 0. The minimum absolute atomic E-state index is 0.0839. The van der Waals surface area contributed by atoms with Gasteiger partial charge in [-0.3, -0.25) is 0 Å². The molecule has 1 aliphatic carbocycles. The van der Waals surface area contributed by atoms with Crippen LogP contribution in [0.1, 0.15) is 44.3 Å². The highest BCUT2D eigenvalue weighted by molar-refractivity contribution is 5.74. The van der Waals surface area contributed by atoms with E-state index in [1.54, 1.807) is 0 Å². The Morgan fingerprint density at radius 2 is 2.10 bits per heavy atom. The Labute approximate surface area is 126 Å². The third-order valence-electron chi connectivity index (χ3n) is 3.74. The molecule has 0 bridgehead atoms. The van der Waals surface area contributed by atoms with Gasteiger partial charge >= 0.3 is 6.03 Å². The number of carbonyl (C=O) groups excluding carboxylic acids is 1. The molecule has 21 heavy (non-hydrogen) atoms. The van der Waals surface area contributed by atoms with Crippen LogP contribution in [0.3, 0.4) is 0 Å². The zero-order chi connectivity index (χ0) is 15.1. The quantitative estimate of drug-likeness (QED) is 0.730. The zero-order valence-electron chi connectivity index (χ0n) is 12.5. The predicted molar refractivity (Wildman–Crippen MR) is 83.9 cm³/mol. The largest absolute Gasteiger partial charge is 0.388 e. The number of nitrogens with one attached hydrogen (secondary N) is 2. The average Bonchev–Trinajstić information content (AvgIpc) is 2.48. The molecular weight excluding hydrogens is 264 g/mol. The number of hydrogen-bond acceptors (Lipinski definition) is 2. The van der Waals surface area contributed by atoms with Crippen molar-refractivity contribution in [3.05, 3.63) is 48.0 Å². The first-order chi connectivity index (χ1) is 10.1. The van der Waals surface area contributed by atoms with Gasteiger partial charge in [0.1, 0.15) is 0 Å². The molecule has 2 amide bonds. The number of carbonyl (C=O) groups is 1. The minimum Gasteiger partial charge on any atom is -0.388 e. The fourth-order valence-corrected chi connectivity index (χ4v) is 2.58. The molecule has 0 fully saturated rings. The molecule has 0 saturated heterocycles. The molecule has 114 valence electrons. The number of aliphatic hydroxyl groups is 1. The normalized spacial score (nSPS) is 20.6. The highest BCUT2D eigenvalue weighted by Gasteiger charge is 2.16. The van der Waals surface area contributed by atoms with E-state index in [1.807, 2.05) is 37.3 Å². The van der Waals surface area contributed by atoms with Crippen molar-refractivity contribution in [1.29, 1.82) is 0 Å². The number of hydrogen-bond donors (Lipinski definition) is 3. The topological polar surface area (TPSA) is 61.4 Å². The number of rotatable bonds is 5. The number of allylic oxidation sites excluding steroid dienone is 1. The molecule has 0 aliphatic heterocycles. The van der Waals surface area contributed by atoms with E-state index in [9.17, 15) is 9.90 Å². The van der Waals surface area contributed by atoms with Gasteiger partial charge in [0, 0.05) is 12.1 Å². The monoisotopic (exact) mass is 288 g/mol. The molecule has 4 nitrogen and oxygen atoms in total. The molecule has 4 heteroatoms. The highest BCUT2D eigenvalue weighted by Crippen LogP contribution is 2.17. The Hall–Kier alpha value is -1.81. The first-order valence-corrected chi connectivity index (χ1v) is 7.60. The second kappa shape index (κ2) is 7.84. The minimum atomic E-state index is -0.556. The van der Waals surface area contributed by atoms with Gasteiger partial charge in [0.25, 0.3) is 0 Å². The summed E-state index contributed by atoms with van der Waals surface area (Å²) in [5, 5.41) is 16.0. The van der Waals surface area contributed by atoms with Crippen LogP contribution < -0.4 is 10.6 Å². The van der Waals surface area contributed by atoms with Crippen LogP contribution in [0.4, 0.5) is 4.79 Å². The van der Waals surface area contributed by atoms with E-state index in [1.165, 1.54) is 0 Å². The van der Waals surface area contributed by atoms with Crippen molar-refractivity contribution in [3.8, 4) is 0 Å². The van der Waals surface area contributed by atoms with E-state index in [0.717, 1.165) is 24.8 Å². The molecule has 3 atom stereocenters. The maximum atomic E-state index is 11.9. The molecule has 3 N–H and O–H groups in total. The van der Waals surface area contributed by atoms with E-state index < -0.39 is 6.10 Å². The molecule has 3 unspecified atom stereocenters. The number of aliphatic hydroxyl groups excluding tert-OH is 1. The van der Waals surface area contributed by atoms with Gasteiger partial charge in [0.05, 0.1) is 6.10 Å². The standard InChI is InChI=1S/C17H24N2O2/c1-13(12-16(20)14-8-4-2-5-9-14)18-17(21)19-15-10-6-3-7-11-15/h2-6,8-9,13,15-16,20H,7,10-12H2,1H3,(H2,18,19,21). The highest BCUT2D eigenvalue weighted by atomic mass is 16.3. The SMILES string of the molecule is CC(CC(O)c1ccccc1)NC(=O)NC1CC=CCC1. The van der Waals surface area contributed by atoms with Gasteiger partial charge in [0.2, 0.25) is 0 Å². The van der Waals surface area contributed by atoms with Crippen LogP contribution in [0.15, 0.2) is 42.5 Å². The third-order valence-corrected chi connectivity index (χ3v) is 3.74. The first-order valence-electron chi connectivity index (χ1n) is 7.60. The smallest absolute Gasteiger partial charge is 0.315 e. The Morgan fingerprint density at radius 3 is 2.76 bits per heavy atom. The molecule has 0 saturated carbocycles. The van der Waals surface area contributed by atoms with Crippen LogP contribution in [0.25, 0.3) is 0 Å². The second-order valence-corrected chi connectivity index (χ2v) is 5.66. The summed E-state index contributed by atoms with van der Waals surface area (Å²) in [6.45, 7) is 1.91. The van der Waals surface area contributed by atoms with E-state index in [0.29, 0.717) is 6.42 Å². The van der Waals surface area contributed by atoms with E-state index in [-0.39, 0.29) is 18.1 Å². The summed E-state index contributed by atoms with van der Waals surface area (Å²) in [7, 11) is 0. The first kappa shape index (κ1) is 15.6. The van der Waals surface area contributed by atoms with Gasteiger partial charge < -0.3 is 15.7 Å². The Morgan fingerprint density at radius 1 is 1.33 bits per heavy atom. The van der Waals surface area contributed by atoms with E-state index in [4.69, 9.17) is 0 Å². The van der Waals surface area contributed by atoms with Gasteiger partial charge in [-0.25, -0.2) is 4.79 Å². The van der Waals surface area contributed by atoms with Crippen LogP contribution in [0, 0.1) is 0 Å². The molecule has 0 spiro atoms. The van der Waals surface area contributed by atoms with Gasteiger partial charge in [-0.2, -0.15) is 0 Å². The van der Waals surface area contributed by atoms with Crippen molar-refractivity contribution < 1.29 is 9.90 Å². The second-order valence-electron chi connectivity index (χ2n) is 5.66. The van der Waals surface area contributed by atoms with Crippen LogP contribution in [-0.2, 0) is 0 Å². The molecule has 0 radical (unpaired) electrons. The van der Waals surface area contributed by atoms with Gasteiger partial charge in [-0.15, -0.1) is 0 Å². The summed E-state index contributed by atoms with van der Waals surface area (Å²) in [5.41, 5.74) is 0.879. The predicted octanol–water partition coefficient (Wildman–Crippen LogP) is 2.91. The maximum Gasteiger partial charge on any atom is 0.315 e. The average molecular weight is 288 g/mol. The summed E-state index contributed by atoms with van der Waals surface area (Å²) in [6.07, 6.45) is 7.11. The van der Waals surface area contributed by atoms with E-state index >= 15 is 0 Å². The fourth-order valence-electron chi connectivity index (χ4n) is 2.58. The number of urea groups is 1. The molecular formula is C17H24N2O2. The molecule has 2 rings (SSSR count). The Balaban J connectivity index is 1.74. The van der Waals surface area contributed by atoms with Crippen molar-refractivity contribution >= 4 is 6.03 Å². The van der Waals surface area contributed by atoms with Crippen molar-refractivity contribution in [2.75, 3.05) is 0 Å². The van der Waals surface area contributed by atoms with Crippen LogP contribution in [0.5, 0.6) is 0 Å². The van der Waals surface area contributed by atoms with Crippen molar-refractivity contribution in [2.24, 2.45) is 0 Å². The molecule has 1 aromatic rings. The van der Waals surface area contributed by atoms with E-state index in [2.05, 4.69) is 22.8 Å². The summed E-state index contributed by atoms with van der Waals surface area (Å²) in [4.78, 5) is 11.9. The molecule has 0 aromatic heterocycles. The van der Waals surface area contributed by atoms with Crippen LogP contribution >= 0.6 is 0 Å². The molecule has 0 heterocycles. The van der Waals surface area contributed by atoms with Gasteiger partial charge in [-0.05, 0) is 38.2 Å². The lowest BCUT2D eigenvalue weighted by atomic mass is 10.0. The maximum absolute atomic E-state index is 11.9. The summed E-state index contributed by atoms with van der Waals surface area (Å²) in [6, 6.07) is 9.50. The number of benzene rings is 1. The lowest BCUT2D eigenvalue weighted by Gasteiger charge is -2.22. The fraction of sp³-hybridized carbons (Fsp3) is 0.471. The van der Waals surface area contributed by atoms with Crippen molar-refractivity contribution in [2.45, 2.75) is 50.8 Å². The summed E-state index contributed by atoms with van der Waals surface area (Å²) >= 11 is 0. The van der Waals surface area contributed by atoms with Crippen LogP contribution in [-0.4, -0.2) is 23.2 Å². The van der Waals surface area contributed by atoms with Crippen molar-refractivity contribution in [3.63, 3.8) is 0 Å². The Kier molecular flexibility index (Phi) is 5.81. The molecule has 1 aliphatic rings. The van der Waals surface area contributed by atoms with Crippen molar-refractivity contribution in [1.82, 2.24) is 10.6 Å². The van der Waals surface area contributed by atoms with Gasteiger partial charge in [-0.1, -0.05) is 42.5 Å². The zero-order valence-corrected chi connectivity index (χ0v) is 12.5. The lowest BCUT2D eigenvalue weighted by molar-refractivity contribution is 0.154. The van der Waals surface area contributed by atoms with Gasteiger partial charge in [0.15, 0.2) is 0 Å². The van der Waals surface area contributed by atoms with Crippen LogP contribution in [0.2, 0.25) is 0 Å². The third kappa shape index (κ3) is 5.23.